The van der Waals surface area contributed by atoms with Gasteiger partial charge in [-0.1, -0.05) is 30.3 Å². The molecule has 3 rings (SSSR count). The van der Waals surface area contributed by atoms with Gasteiger partial charge in [-0.3, -0.25) is 4.79 Å². The first-order valence-corrected chi connectivity index (χ1v) is 13.5. The van der Waals surface area contributed by atoms with Crippen LogP contribution in [0.1, 0.15) is 46.3 Å². The van der Waals surface area contributed by atoms with E-state index in [4.69, 9.17) is 4.74 Å². The van der Waals surface area contributed by atoms with Crippen LogP contribution in [0.15, 0.2) is 42.5 Å². The maximum Gasteiger partial charge on any atom is 0.211 e. The summed E-state index contributed by atoms with van der Waals surface area (Å²) in [6.45, 7) is 2.88. The van der Waals surface area contributed by atoms with Crippen molar-refractivity contribution in [2.75, 3.05) is 46.6 Å². The predicted molar refractivity (Wildman–Crippen MR) is 140 cm³/mol. The zero-order chi connectivity index (χ0) is 23.8. The summed E-state index contributed by atoms with van der Waals surface area (Å²) in [5.41, 5.74) is 4.20. The molecule has 1 aliphatic rings. The number of likely N-dealkylation sites (N-methyl/N-ethyl adjacent to an activating group) is 1. The van der Waals surface area contributed by atoms with E-state index in [1.807, 2.05) is 36.4 Å². The van der Waals surface area contributed by atoms with Crippen LogP contribution in [-0.2, 0) is 29.3 Å². The van der Waals surface area contributed by atoms with Gasteiger partial charge in [0.05, 0.1) is 13.4 Å². The Hall–Kier alpha value is -1.93. The summed E-state index contributed by atoms with van der Waals surface area (Å²) in [4.78, 5) is 15.0. The standard InChI is InChI=1S/C26H36N2O4S.ClH/c1-27(17-13-22-8-4-5-10-26(22)32-2)16-7-6-9-25(29)24-12-11-21-14-18-28(33(3,30)31)19-15-23(21)20-24;/h4-5,8,10-12,20H,6-7,9,13-19H2,1-3H3;1H. The third kappa shape index (κ3) is 8.08. The number of methoxy groups -OCH3 is 1. The highest BCUT2D eigenvalue weighted by atomic mass is 35.5. The maximum atomic E-state index is 12.7. The van der Waals surface area contributed by atoms with E-state index in [9.17, 15) is 13.2 Å². The second kappa shape index (κ2) is 13.2. The minimum Gasteiger partial charge on any atom is -0.496 e. The van der Waals surface area contributed by atoms with Crippen LogP contribution in [0, 0.1) is 0 Å². The van der Waals surface area contributed by atoms with Crippen LogP contribution in [-0.4, -0.2) is 70.0 Å². The molecule has 0 spiro atoms. The van der Waals surface area contributed by atoms with Crippen molar-refractivity contribution in [2.45, 2.75) is 38.5 Å². The minimum atomic E-state index is -3.18. The molecule has 0 N–H and O–H groups in total. The van der Waals surface area contributed by atoms with Crippen LogP contribution in [0.2, 0.25) is 0 Å². The fourth-order valence-electron chi connectivity index (χ4n) is 4.35. The van der Waals surface area contributed by atoms with Gasteiger partial charge < -0.3 is 9.64 Å². The van der Waals surface area contributed by atoms with E-state index in [2.05, 4.69) is 18.0 Å². The van der Waals surface area contributed by atoms with Gasteiger partial charge in [-0.05, 0) is 74.5 Å². The van der Waals surface area contributed by atoms with E-state index < -0.39 is 10.0 Å². The van der Waals surface area contributed by atoms with Gasteiger partial charge >= 0.3 is 0 Å². The number of fused-ring (bicyclic) bond motifs is 1. The summed E-state index contributed by atoms with van der Waals surface area (Å²) in [5.74, 6) is 1.10. The first-order chi connectivity index (χ1) is 15.8. The van der Waals surface area contributed by atoms with Crippen LogP contribution in [0.3, 0.4) is 0 Å². The molecule has 34 heavy (non-hydrogen) atoms. The number of halogens is 1. The number of benzene rings is 2. The second-order valence-corrected chi connectivity index (χ2v) is 10.9. The number of para-hydroxylation sites is 1. The third-order valence-electron chi connectivity index (χ3n) is 6.41. The number of hydrogen-bond donors (Lipinski definition) is 0. The lowest BCUT2D eigenvalue weighted by atomic mass is 9.97. The summed E-state index contributed by atoms with van der Waals surface area (Å²) in [5, 5.41) is 0. The Morgan fingerprint density at radius 3 is 2.44 bits per heavy atom. The summed E-state index contributed by atoms with van der Waals surface area (Å²) < 4.78 is 30.7. The number of nitrogens with zero attached hydrogens (tertiary/aromatic N) is 2. The molecule has 0 radical (unpaired) electrons. The highest BCUT2D eigenvalue weighted by Crippen LogP contribution is 2.21. The van der Waals surface area contributed by atoms with Gasteiger partial charge in [0.2, 0.25) is 10.0 Å². The van der Waals surface area contributed by atoms with E-state index >= 15 is 0 Å². The maximum absolute atomic E-state index is 12.7. The number of carbonyl (C=O) groups is 1. The van der Waals surface area contributed by atoms with E-state index in [1.54, 1.807) is 7.11 Å². The van der Waals surface area contributed by atoms with Crippen molar-refractivity contribution >= 4 is 28.2 Å². The van der Waals surface area contributed by atoms with E-state index in [0.717, 1.165) is 54.8 Å². The highest BCUT2D eigenvalue weighted by Gasteiger charge is 2.21. The molecular formula is C26H37ClN2O4S. The first-order valence-electron chi connectivity index (χ1n) is 11.7. The molecule has 0 saturated heterocycles. The van der Waals surface area contributed by atoms with Gasteiger partial charge in [0.1, 0.15) is 5.75 Å². The Bertz CT molecular complexity index is 1060. The number of ether oxygens (including phenoxy) is 1. The minimum absolute atomic E-state index is 0. The Morgan fingerprint density at radius 2 is 1.74 bits per heavy atom. The molecule has 1 aliphatic heterocycles. The number of sulfonamides is 1. The smallest absolute Gasteiger partial charge is 0.211 e. The largest absolute Gasteiger partial charge is 0.496 e. The van der Waals surface area contributed by atoms with Crippen molar-refractivity contribution in [1.29, 1.82) is 0 Å². The average molecular weight is 509 g/mol. The molecule has 0 aliphatic carbocycles. The molecule has 0 atom stereocenters. The molecule has 0 bridgehead atoms. The SMILES string of the molecule is COc1ccccc1CCN(C)CCCCC(=O)c1ccc2c(c1)CCN(S(C)(=O)=O)CC2.Cl. The Balaban J connectivity index is 0.00000408. The molecule has 6 nitrogen and oxygen atoms in total. The normalized spacial score (nSPS) is 14.2. The average Bonchev–Trinajstić information content (AvgIpc) is 3.02. The number of rotatable bonds is 11. The first kappa shape index (κ1) is 28.3. The van der Waals surface area contributed by atoms with Crippen LogP contribution in [0.4, 0.5) is 0 Å². The monoisotopic (exact) mass is 508 g/mol. The molecule has 0 amide bonds. The zero-order valence-electron chi connectivity index (χ0n) is 20.5. The second-order valence-electron chi connectivity index (χ2n) is 8.89. The number of hydrogen-bond acceptors (Lipinski definition) is 5. The lowest BCUT2D eigenvalue weighted by Crippen LogP contribution is -2.32. The van der Waals surface area contributed by atoms with Crippen molar-refractivity contribution in [1.82, 2.24) is 9.21 Å². The molecule has 0 saturated carbocycles. The lowest BCUT2D eigenvalue weighted by Gasteiger charge is -2.17. The van der Waals surface area contributed by atoms with Gasteiger partial charge in [-0.2, -0.15) is 0 Å². The molecule has 0 aromatic heterocycles. The van der Waals surface area contributed by atoms with Crippen LogP contribution in [0.5, 0.6) is 5.75 Å². The zero-order valence-corrected chi connectivity index (χ0v) is 22.1. The Morgan fingerprint density at radius 1 is 1.03 bits per heavy atom. The van der Waals surface area contributed by atoms with Gasteiger partial charge in [-0.15, -0.1) is 12.4 Å². The molecule has 0 fully saturated rings. The molecule has 0 unspecified atom stereocenters. The number of unbranched alkanes of at least 4 members (excludes halogenated alkanes) is 1. The summed E-state index contributed by atoms with van der Waals surface area (Å²) in [6, 6.07) is 14.0. The molecule has 2 aromatic carbocycles. The van der Waals surface area contributed by atoms with E-state index in [-0.39, 0.29) is 18.2 Å². The van der Waals surface area contributed by atoms with Crippen LogP contribution < -0.4 is 4.74 Å². The fraction of sp³-hybridized carbons (Fsp3) is 0.500. The molecular weight excluding hydrogens is 472 g/mol. The highest BCUT2D eigenvalue weighted by molar-refractivity contribution is 7.88. The quantitative estimate of drug-likeness (QED) is 0.339. The number of Topliss-reactive ketones (excluding diaryl/α,β-unsaturated/α-hetero) is 1. The van der Waals surface area contributed by atoms with Gasteiger partial charge in [0, 0.05) is 31.6 Å². The van der Waals surface area contributed by atoms with E-state index in [1.165, 1.54) is 16.1 Å². The topological polar surface area (TPSA) is 66.9 Å². The molecule has 188 valence electrons. The van der Waals surface area contributed by atoms with Crippen molar-refractivity contribution in [3.8, 4) is 5.75 Å². The molecule has 2 aromatic rings. The van der Waals surface area contributed by atoms with Gasteiger partial charge in [-0.25, -0.2) is 12.7 Å². The summed E-state index contributed by atoms with van der Waals surface area (Å²) in [7, 11) is 0.634. The Kier molecular flexibility index (Phi) is 11.0. The van der Waals surface area contributed by atoms with Crippen molar-refractivity contribution < 1.29 is 17.9 Å². The van der Waals surface area contributed by atoms with Crippen LogP contribution >= 0.6 is 12.4 Å². The Labute approximate surface area is 210 Å². The predicted octanol–water partition coefficient (Wildman–Crippen LogP) is 4.00. The molecule has 1 heterocycles. The summed E-state index contributed by atoms with van der Waals surface area (Å²) in [6.07, 6.45) is 5.91. The van der Waals surface area contributed by atoms with Crippen molar-refractivity contribution in [3.63, 3.8) is 0 Å². The van der Waals surface area contributed by atoms with Crippen molar-refractivity contribution in [3.05, 3.63) is 64.7 Å². The van der Waals surface area contributed by atoms with Crippen molar-refractivity contribution in [2.24, 2.45) is 0 Å². The van der Waals surface area contributed by atoms with Gasteiger partial charge in [0.25, 0.3) is 0 Å². The lowest BCUT2D eigenvalue weighted by molar-refractivity contribution is 0.0978. The third-order valence-corrected chi connectivity index (χ3v) is 7.71. The summed E-state index contributed by atoms with van der Waals surface area (Å²) >= 11 is 0. The fourth-order valence-corrected chi connectivity index (χ4v) is 5.20. The van der Waals surface area contributed by atoms with Gasteiger partial charge in [0.15, 0.2) is 5.78 Å². The molecule has 8 heteroatoms. The number of carbonyl (C=O) groups excluding carboxylic acids is 1. The van der Waals surface area contributed by atoms with E-state index in [0.29, 0.717) is 32.4 Å². The number of ketones is 1. The van der Waals surface area contributed by atoms with Crippen LogP contribution in [0.25, 0.3) is 0 Å².